The molecule has 0 spiro atoms. The molecule has 0 radical (unpaired) electrons. The maximum atomic E-state index is 4.38. The van der Waals surface area contributed by atoms with Gasteiger partial charge in [-0.25, -0.2) is 0 Å². The summed E-state index contributed by atoms with van der Waals surface area (Å²) in [4.78, 5) is 4.29. The lowest BCUT2D eigenvalue weighted by Gasteiger charge is -2.12. The van der Waals surface area contributed by atoms with E-state index in [0.29, 0.717) is 0 Å². The van der Waals surface area contributed by atoms with Crippen LogP contribution in [-0.4, -0.2) is 40.9 Å². The molecule has 7 heteroatoms. The van der Waals surface area contributed by atoms with Crippen molar-refractivity contribution in [1.29, 1.82) is 0 Å². The Balaban J connectivity index is 0.00000243. The van der Waals surface area contributed by atoms with Gasteiger partial charge in [-0.3, -0.25) is 4.99 Å². The maximum Gasteiger partial charge on any atom is 0.191 e. The van der Waals surface area contributed by atoms with E-state index >= 15 is 0 Å². The Morgan fingerprint density at radius 3 is 2.58 bits per heavy atom. The number of aliphatic imine (C=N–C) groups is 1. The molecule has 0 unspecified atom stereocenters. The minimum atomic E-state index is 0. The van der Waals surface area contributed by atoms with Crippen molar-refractivity contribution in [2.75, 3.05) is 20.1 Å². The first-order valence-corrected chi connectivity index (χ1v) is 9.26. The van der Waals surface area contributed by atoms with Gasteiger partial charge in [0.15, 0.2) is 5.96 Å². The molecule has 0 atom stereocenters. The van der Waals surface area contributed by atoms with Crippen molar-refractivity contribution in [2.24, 2.45) is 4.99 Å². The van der Waals surface area contributed by atoms with Crippen LogP contribution in [0.1, 0.15) is 36.5 Å². The topological polar surface area (TPSA) is 67.1 Å². The minimum absolute atomic E-state index is 0. The Morgan fingerprint density at radius 1 is 1.04 bits per heavy atom. The Hall–Kier alpha value is -1.64. The van der Waals surface area contributed by atoms with Crippen LogP contribution in [-0.2, 0) is 25.8 Å². The van der Waals surface area contributed by atoms with Crippen LogP contribution in [0.4, 0.5) is 0 Å². The van der Waals surface area contributed by atoms with E-state index in [1.165, 1.54) is 24.8 Å². The first-order valence-electron chi connectivity index (χ1n) is 9.26. The molecule has 2 N–H and O–H groups in total. The standard InChI is InChI=1S/C19H28N6.HI/c1-20-19(21-13-11-16-8-4-2-5-9-16)22-14-12-18-24-23-17-10-6-3-7-15-25(17)18;/h2,4-5,8-9H,3,6-7,10-15H2,1H3,(H2,20,21,22);1H. The lowest BCUT2D eigenvalue weighted by atomic mass is 10.1. The van der Waals surface area contributed by atoms with Crippen molar-refractivity contribution < 1.29 is 0 Å². The Labute approximate surface area is 172 Å². The molecule has 2 aromatic rings. The minimum Gasteiger partial charge on any atom is -0.356 e. The molecule has 6 nitrogen and oxygen atoms in total. The molecule has 1 aliphatic heterocycles. The number of benzene rings is 1. The van der Waals surface area contributed by atoms with Crippen LogP contribution in [0.2, 0.25) is 0 Å². The molecule has 0 fully saturated rings. The van der Waals surface area contributed by atoms with E-state index in [-0.39, 0.29) is 24.0 Å². The van der Waals surface area contributed by atoms with Crippen LogP contribution in [0.15, 0.2) is 35.3 Å². The van der Waals surface area contributed by atoms with Crippen LogP contribution >= 0.6 is 24.0 Å². The molecule has 1 aliphatic rings. The van der Waals surface area contributed by atoms with Crippen molar-refractivity contribution in [3.63, 3.8) is 0 Å². The molecular weight excluding hydrogens is 439 g/mol. The van der Waals surface area contributed by atoms with Crippen LogP contribution in [0.5, 0.6) is 0 Å². The van der Waals surface area contributed by atoms with Gasteiger partial charge in [0.2, 0.25) is 0 Å². The predicted octanol–water partition coefficient (Wildman–Crippen LogP) is 2.57. The molecule has 1 aromatic heterocycles. The number of guanidine groups is 1. The van der Waals surface area contributed by atoms with Crippen molar-refractivity contribution in [3.05, 3.63) is 47.5 Å². The Bertz CT molecular complexity index is 683. The lowest BCUT2D eigenvalue weighted by molar-refractivity contribution is 0.600. The predicted molar refractivity (Wildman–Crippen MR) is 116 cm³/mol. The number of nitrogens with one attached hydrogen (secondary N) is 2. The third-order valence-electron chi connectivity index (χ3n) is 4.60. The maximum absolute atomic E-state index is 4.38. The summed E-state index contributed by atoms with van der Waals surface area (Å²) in [6.07, 6.45) is 6.66. The van der Waals surface area contributed by atoms with E-state index in [4.69, 9.17) is 0 Å². The molecule has 0 bridgehead atoms. The zero-order valence-corrected chi connectivity index (χ0v) is 17.8. The average molecular weight is 468 g/mol. The van der Waals surface area contributed by atoms with Gasteiger partial charge in [0.1, 0.15) is 11.6 Å². The van der Waals surface area contributed by atoms with Gasteiger partial charge < -0.3 is 15.2 Å². The molecule has 142 valence electrons. The highest BCUT2D eigenvalue weighted by atomic mass is 127. The summed E-state index contributed by atoms with van der Waals surface area (Å²) < 4.78 is 2.31. The van der Waals surface area contributed by atoms with Crippen LogP contribution < -0.4 is 10.6 Å². The number of aromatic nitrogens is 3. The second-order valence-electron chi connectivity index (χ2n) is 6.41. The molecule has 0 saturated heterocycles. The first kappa shape index (κ1) is 20.7. The second-order valence-corrected chi connectivity index (χ2v) is 6.41. The third-order valence-corrected chi connectivity index (χ3v) is 4.60. The average Bonchev–Trinajstić information content (AvgIpc) is 2.88. The summed E-state index contributed by atoms with van der Waals surface area (Å²) in [5.74, 6) is 3.08. The quantitative estimate of drug-likeness (QED) is 0.389. The van der Waals surface area contributed by atoms with Crippen molar-refractivity contribution in [2.45, 2.75) is 45.1 Å². The van der Waals surface area contributed by atoms with Crippen LogP contribution in [0.3, 0.4) is 0 Å². The molecule has 2 heterocycles. The number of aryl methyl sites for hydroxylation is 1. The van der Waals surface area contributed by atoms with Gasteiger partial charge in [-0.05, 0) is 24.8 Å². The smallest absolute Gasteiger partial charge is 0.191 e. The fourth-order valence-electron chi connectivity index (χ4n) is 3.21. The lowest BCUT2D eigenvalue weighted by Crippen LogP contribution is -2.39. The summed E-state index contributed by atoms with van der Waals surface area (Å²) in [7, 11) is 1.81. The van der Waals surface area contributed by atoms with E-state index in [9.17, 15) is 0 Å². The Kier molecular flexibility index (Phi) is 8.87. The summed E-state index contributed by atoms with van der Waals surface area (Å²) >= 11 is 0. The number of fused-ring (bicyclic) bond motifs is 1. The summed E-state index contributed by atoms with van der Waals surface area (Å²) in [5, 5.41) is 15.5. The van der Waals surface area contributed by atoms with Crippen molar-refractivity contribution in [3.8, 4) is 0 Å². The zero-order chi connectivity index (χ0) is 17.3. The molecule has 26 heavy (non-hydrogen) atoms. The summed E-state index contributed by atoms with van der Waals surface area (Å²) in [6.45, 7) is 2.73. The largest absolute Gasteiger partial charge is 0.356 e. The van der Waals surface area contributed by atoms with Crippen molar-refractivity contribution >= 4 is 29.9 Å². The van der Waals surface area contributed by atoms with Gasteiger partial charge in [-0.2, -0.15) is 0 Å². The van der Waals surface area contributed by atoms with Gasteiger partial charge in [0.05, 0.1) is 0 Å². The number of halogens is 1. The van der Waals surface area contributed by atoms with E-state index < -0.39 is 0 Å². The summed E-state index contributed by atoms with van der Waals surface area (Å²) in [5.41, 5.74) is 1.33. The highest BCUT2D eigenvalue weighted by molar-refractivity contribution is 14.0. The first-order chi connectivity index (χ1) is 12.4. The van der Waals surface area contributed by atoms with Gasteiger partial charge in [-0.1, -0.05) is 36.8 Å². The second kappa shape index (κ2) is 11.2. The molecule has 0 aliphatic carbocycles. The molecule has 3 rings (SSSR count). The van der Waals surface area contributed by atoms with Gasteiger partial charge in [-0.15, -0.1) is 34.2 Å². The van der Waals surface area contributed by atoms with Gasteiger partial charge >= 0.3 is 0 Å². The number of hydrogen-bond acceptors (Lipinski definition) is 3. The number of hydrogen-bond donors (Lipinski definition) is 2. The van der Waals surface area contributed by atoms with Gasteiger partial charge in [0.25, 0.3) is 0 Å². The number of rotatable bonds is 6. The monoisotopic (exact) mass is 468 g/mol. The number of nitrogens with zero attached hydrogens (tertiary/aromatic N) is 4. The van der Waals surface area contributed by atoms with Crippen molar-refractivity contribution in [1.82, 2.24) is 25.4 Å². The highest BCUT2D eigenvalue weighted by Crippen LogP contribution is 2.14. The zero-order valence-electron chi connectivity index (χ0n) is 15.4. The Morgan fingerprint density at radius 2 is 1.81 bits per heavy atom. The molecule has 1 aromatic carbocycles. The fourth-order valence-corrected chi connectivity index (χ4v) is 3.21. The van der Waals surface area contributed by atoms with E-state index in [1.54, 1.807) is 7.05 Å². The third kappa shape index (κ3) is 5.96. The van der Waals surface area contributed by atoms with Crippen LogP contribution in [0.25, 0.3) is 0 Å². The highest BCUT2D eigenvalue weighted by Gasteiger charge is 2.14. The molecule has 0 amide bonds. The fraction of sp³-hybridized carbons (Fsp3) is 0.526. The normalized spacial score (nSPS) is 14.1. The van der Waals surface area contributed by atoms with Gasteiger partial charge in [0, 0.05) is 39.5 Å². The molecule has 0 saturated carbocycles. The summed E-state index contributed by atoms with van der Waals surface area (Å²) in [6, 6.07) is 10.5. The van der Waals surface area contributed by atoms with E-state index in [1.807, 2.05) is 6.07 Å². The van der Waals surface area contributed by atoms with E-state index in [0.717, 1.165) is 56.5 Å². The SMILES string of the molecule is CN=C(NCCc1ccccc1)NCCc1nnc2n1CCCCC2.I. The molecular formula is C19H29IN6. The van der Waals surface area contributed by atoms with E-state index in [2.05, 4.69) is 54.7 Å². The van der Waals surface area contributed by atoms with Crippen LogP contribution in [0, 0.1) is 0 Å².